The second-order valence-corrected chi connectivity index (χ2v) is 3.70. The molecule has 2 aliphatic rings. The zero-order chi connectivity index (χ0) is 10.6. The van der Waals surface area contributed by atoms with E-state index in [2.05, 4.69) is 0 Å². The van der Waals surface area contributed by atoms with Crippen LogP contribution >= 0.6 is 0 Å². The SMILES string of the molecule is [2H]C1(O)O[C@H](CO)[C@H]2OC(C)(C)O[C@H]21. The van der Waals surface area contributed by atoms with Crippen LogP contribution in [0.15, 0.2) is 0 Å². The average molecular weight is 191 g/mol. The first-order chi connectivity index (χ1) is 6.36. The van der Waals surface area contributed by atoms with Gasteiger partial charge in [0.15, 0.2) is 12.1 Å². The fourth-order valence-electron chi connectivity index (χ4n) is 1.68. The minimum absolute atomic E-state index is 0.304. The summed E-state index contributed by atoms with van der Waals surface area (Å²) in [5.74, 6) is -0.846. The monoisotopic (exact) mass is 191 g/mol. The minimum Gasteiger partial charge on any atom is -0.394 e. The Morgan fingerprint density at radius 1 is 1.38 bits per heavy atom. The zero-order valence-corrected chi connectivity index (χ0v) is 7.56. The molecule has 2 aliphatic heterocycles. The van der Waals surface area contributed by atoms with Crippen LogP contribution < -0.4 is 0 Å². The number of aliphatic hydroxyl groups excluding tert-OH is 1. The number of ether oxygens (including phenoxy) is 3. The Hall–Kier alpha value is -0.200. The van der Waals surface area contributed by atoms with Crippen molar-refractivity contribution < 1.29 is 25.8 Å². The maximum atomic E-state index is 9.53. The molecule has 2 heterocycles. The maximum absolute atomic E-state index is 9.53. The van der Waals surface area contributed by atoms with E-state index >= 15 is 0 Å². The molecule has 2 saturated heterocycles. The van der Waals surface area contributed by atoms with Gasteiger partial charge in [-0.05, 0) is 13.8 Å². The van der Waals surface area contributed by atoms with E-state index in [-0.39, 0.29) is 6.61 Å². The third-order valence-electron chi connectivity index (χ3n) is 2.19. The van der Waals surface area contributed by atoms with Crippen LogP contribution in [0.25, 0.3) is 0 Å². The summed E-state index contributed by atoms with van der Waals surface area (Å²) in [7, 11) is 0. The van der Waals surface area contributed by atoms with Gasteiger partial charge in [-0.15, -0.1) is 0 Å². The Bertz CT molecular complexity index is 242. The van der Waals surface area contributed by atoms with Gasteiger partial charge >= 0.3 is 0 Å². The number of hydrogen-bond donors (Lipinski definition) is 2. The summed E-state index contributed by atoms with van der Waals surface area (Å²) in [5, 5.41) is 18.5. The number of rotatable bonds is 1. The predicted octanol–water partition coefficient (Wildman–Crippen LogP) is -0.784. The first-order valence-corrected chi connectivity index (χ1v) is 4.22. The molecule has 5 heteroatoms. The molecule has 0 spiro atoms. The van der Waals surface area contributed by atoms with Crippen LogP contribution in [0.4, 0.5) is 0 Å². The Morgan fingerprint density at radius 2 is 2.00 bits per heavy atom. The van der Waals surface area contributed by atoms with Gasteiger partial charge in [0.05, 0.1) is 7.98 Å². The van der Waals surface area contributed by atoms with E-state index in [1.165, 1.54) is 0 Å². The topological polar surface area (TPSA) is 68.2 Å². The van der Waals surface area contributed by atoms with Gasteiger partial charge < -0.3 is 24.4 Å². The lowest BCUT2D eigenvalue weighted by Crippen LogP contribution is -2.31. The van der Waals surface area contributed by atoms with Crippen LogP contribution in [-0.4, -0.2) is 47.2 Å². The van der Waals surface area contributed by atoms with E-state index in [4.69, 9.17) is 20.7 Å². The molecule has 76 valence electrons. The molecule has 0 aromatic carbocycles. The zero-order valence-electron chi connectivity index (χ0n) is 8.56. The summed E-state index contributed by atoms with van der Waals surface area (Å²) in [6, 6.07) is 0. The lowest BCUT2D eigenvalue weighted by Gasteiger charge is -2.21. The third-order valence-corrected chi connectivity index (χ3v) is 2.19. The van der Waals surface area contributed by atoms with Gasteiger partial charge in [-0.2, -0.15) is 0 Å². The largest absolute Gasteiger partial charge is 0.394 e. The molecule has 0 aliphatic carbocycles. The van der Waals surface area contributed by atoms with E-state index in [0.717, 1.165) is 0 Å². The highest BCUT2D eigenvalue weighted by Gasteiger charge is 2.54. The molecule has 0 aromatic heterocycles. The van der Waals surface area contributed by atoms with Gasteiger partial charge in [-0.25, -0.2) is 0 Å². The molecule has 0 radical (unpaired) electrons. The minimum atomic E-state index is -2.13. The number of hydrogen-bond acceptors (Lipinski definition) is 5. The van der Waals surface area contributed by atoms with Gasteiger partial charge in [0.1, 0.15) is 18.3 Å². The fraction of sp³-hybridized carbons (Fsp3) is 1.00. The Kier molecular flexibility index (Phi) is 1.81. The van der Waals surface area contributed by atoms with Crippen LogP contribution in [0.1, 0.15) is 15.2 Å². The van der Waals surface area contributed by atoms with E-state index in [1.807, 2.05) is 0 Å². The highest BCUT2D eigenvalue weighted by Crippen LogP contribution is 2.37. The standard InChI is InChI=1S/C8H14O5/c1-8(2)12-5-4(3-9)11-7(10)6(5)13-8/h4-7,9-10H,3H2,1-2H3/t4-,5-,6-,7?/m1/s1/i7D. The van der Waals surface area contributed by atoms with Crippen LogP contribution in [0, 0.1) is 0 Å². The van der Waals surface area contributed by atoms with Crippen molar-refractivity contribution in [2.45, 2.75) is 44.2 Å². The van der Waals surface area contributed by atoms with Crippen LogP contribution in [-0.2, 0) is 14.2 Å². The second kappa shape index (κ2) is 2.90. The number of fused-ring (bicyclic) bond motifs is 1. The summed E-state index contributed by atoms with van der Waals surface area (Å²) in [4.78, 5) is 0. The molecule has 1 unspecified atom stereocenters. The molecule has 0 amide bonds. The molecule has 4 atom stereocenters. The van der Waals surface area contributed by atoms with Crippen molar-refractivity contribution in [3.63, 3.8) is 0 Å². The summed E-state index contributed by atoms with van der Waals surface area (Å²) < 4.78 is 23.1. The van der Waals surface area contributed by atoms with E-state index in [0.29, 0.717) is 0 Å². The van der Waals surface area contributed by atoms with Gasteiger partial charge in [-0.1, -0.05) is 0 Å². The normalized spacial score (nSPS) is 54.8. The van der Waals surface area contributed by atoms with Gasteiger partial charge in [0.2, 0.25) is 0 Å². The average Bonchev–Trinajstić information content (AvgIpc) is 2.46. The van der Waals surface area contributed by atoms with Crippen molar-refractivity contribution in [1.29, 1.82) is 0 Å². The smallest absolute Gasteiger partial charge is 0.184 e. The molecular weight excluding hydrogens is 176 g/mol. The molecular formula is C8H14O5. The molecule has 0 aromatic rings. The first-order valence-electron chi connectivity index (χ1n) is 4.72. The summed E-state index contributed by atoms with van der Waals surface area (Å²) in [5.41, 5.74) is 0. The van der Waals surface area contributed by atoms with Crippen LogP contribution in [0.2, 0.25) is 0 Å². The van der Waals surface area contributed by atoms with Crippen molar-refractivity contribution in [2.75, 3.05) is 6.61 Å². The Morgan fingerprint density at radius 3 is 2.62 bits per heavy atom. The van der Waals surface area contributed by atoms with Gasteiger partial charge in [-0.3, -0.25) is 0 Å². The van der Waals surface area contributed by atoms with Gasteiger partial charge in [0.25, 0.3) is 0 Å². The predicted molar refractivity (Wildman–Crippen MR) is 41.8 cm³/mol. The van der Waals surface area contributed by atoms with Crippen molar-refractivity contribution in [2.24, 2.45) is 0 Å². The van der Waals surface area contributed by atoms with Gasteiger partial charge in [0, 0.05) is 0 Å². The lowest BCUT2D eigenvalue weighted by molar-refractivity contribution is -0.223. The van der Waals surface area contributed by atoms with Crippen LogP contribution in [0.5, 0.6) is 0 Å². The second-order valence-electron chi connectivity index (χ2n) is 3.70. The summed E-state index contributed by atoms with van der Waals surface area (Å²) in [6.45, 7) is 3.08. The van der Waals surface area contributed by atoms with E-state index < -0.39 is 30.4 Å². The highest BCUT2D eigenvalue weighted by molar-refractivity contribution is 4.94. The van der Waals surface area contributed by atoms with Crippen molar-refractivity contribution in [3.05, 3.63) is 0 Å². The Labute approximate surface area is 77.6 Å². The molecule has 0 bridgehead atoms. The Balaban J connectivity index is 2.21. The maximum Gasteiger partial charge on any atom is 0.184 e. The molecule has 2 N–H and O–H groups in total. The van der Waals surface area contributed by atoms with E-state index in [1.54, 1.807) is 13.8 Å². The molecule has 2 rings (SSSR count). The third kappa shape index (κ3) is 1.47. The highest BCUT2D eigenvalue weighted by atomic mass is 16.8. The molecule has 13 heavy (non-hydrogen) atoms. The summed E-state index contributed by atoms with van der Waals surface area (Å²) >= 11 is 0. The summed E-state index contributed by atoms with van der Waals surface area (Å²) in [6.07, 6.45) is -4.29. The van der Waals surface area contributed by atoms with Crippen LogP contribution in [0.3, 0.4) is 0 Å². The number of aliphatic hydroxyl groups is 2. The lowest BCUT2D eigenvalue weighted by atomic mass is 10.1. The van der Waals surface area contributed by atoms with E-state index in [9.17, 15) is 5.11 Å². The fourth-order valence-corrected chi connectivity index (χ4v) is 1.68. The van der Waals surface area contributed by atoms with Crippen molar-refractivity contribution in [3.8, 4) is 0 Å². The van der Waals surface area contributed by atoms with Crippen molar-refractivity contribution in [1.82, 2.24) is 0 Å². The molecule has 5 nitrogen and oxygen atoms in total. The van der Waals surface area contributed by atoms with Crippen molar-refractivity contribution >= 4 is 0 Å². The molecule has 2 fully saturated rings. The molecule has 0 saturated carbocycles. The first kappa shape index (κ1) is 8.14. The quantitative estimate of drug-likeness (QED) is 0.569.